The zero-order valence-electron chi connectivity index (χ0n) is 6.15. The van der Waals surface area contributed by atoms with Gasteiger partial charge in [-0.2, -0.15) is 12.6 Å². The SMILES string of the molecule is CC(N)NC(CS)C(=O)O.Cl. The van der Waals surface area contributed by atoms with Crippen molar-refractivity contribution in [2.45, 2.75) is 19.1 Å². The van der Waals surface area contributed by atoms with Crippen molar-refractivity contribution in [1.82, 2.24) is 5.32 Å². The first-order valence-corrected chi connectivity index (χ1v) is 3.56. The molecule has 0 bridgehead atoms. The molecule has 0 aromatic rings. The van der Waals surface area contributed by atoms with Crippen LogP contribution >= 0.6 is 25.0 Å². The second kappa shape index (κ2) is 6.72. The molecule has 0 rings (SSSR count). The summed E-state index contributed by atoms with van der Waals surface area (Å²) >= 11 is 3.83. The Hall–Kier alpha value is 0.0300. The van der Waals surface area contributed by atoms with E-state index >= 15 is 0 Å². The monoisotopic (exact) mass is 200 g/mol. The first kappa shape index (κ1) is 13.6. The van der Waals surface area contributed by atoms with Crippen LogP contribution in [-0.4, -0.2) is 29.0 Å². The van der Waals surface area contributed by atoms with Crippen LogP contribution in [0.3, 0.4) is 0 Å². The summed E-state index contributed by atoms with van der Waals surface area (Å²) in [4.78, 5) is 10.3. The lowest BCUT2D eigenvalue weighted by atomic mass is 10.3. The van der Waals surface area contributed by atoms with E-state index in [1.54, 1.807) is 6.92 Å². The van der Waals surface area contributed by atoms with Crippen LogP contribution in [0.4, 0.5) is 0 Å². The number of rotatable bonds is 4. The zero-order valence-corrected chi connectivity index (χ0v) is 7.86. The van der Waals surface area contributed by atoms with Crippen molar-refractivity contribution in [1.29, 1.82) is 0 Å². The number of halogens is 1. The number of carbonyl (C=O) groups is 1. The van der Waals surface area contributed by atoms with Crippen molar-refractivity contribution in [2.75, 3.05) is 5.75 Å². The third kappa shape index (κ3) is 6.43. The number of thiol groups is 1. The third-order valence-corrected chi connectivity index (χ3v) is 1.31. The van der Waals surface area contributed by atoms with E-state index < -0.39 is 12.0 Å². The van der Waals surface area contributed by atoms with E-state index in [9.17, 15) is 4.79 Å². The van der Waals surface area contributed by atoms with Crippen LogP contribution in [0.25, 0.3) is 0 Å². The van der Waals surface area contributed by atoms with Gasteiger partial charge in [-0.25, -0.2) is 0 Å². The van der Waals surface area contributed by atoms with E-state index in [4.69, 9.17) is 10.8 Å². The highest BCUT2D eigenvalue weighted by Crippen LogP contribution is 1.88. The lowest BCUT2D eigenvalue weighted by molar-refractivity contribution is -0.139. The summed E-state index contributed by atoms with van der Waals surface area (Å²) in [6.07, 6.45) is -0.312. The summed E-state index contributed by atoms with van der Waals surface area (Å²) in [5.41, 5.74) is 5.30. The molecule has 0 aliphatic heterocycles. The van der Waals surface area contributed by atoms with Gasteiger partial charge in [0.15, 0.2) is 0 Å². The minimum atomic E-state index is -0.924. The quantitative estimate of drug-likeness (QED) is 0.371. The van der Waals surface area contributed by atoms with Crippen LogP contribution < -0.4 is 11.1 Å². The summed E-state index contributed by atoms with van der Waals surface area (Å²) in [6, 6.07) is -0.650. The van der Waals surface area contributed by atoms with E-state index in [1.807, 2.05) is 0 Å². The van der Waals surface area contributed by atoms with Gasteiger partial charge in [0, 0.05) is 5.75 Å². The van der Waals surface area contributed by atoms with Gasteiger partial charge in [-0.3, -0.25) is 10.1 Å². The Labute approximate surface area is 77.4 Å². The predicted octanol–water partition coefficient (Wildman–Crippen LogP) is -0.315. The van der Waals surface area contributed by atoms with E-state index in [0.717, 1.165) is 0 Å². The molecule has 0 amide bonds. The summed E-state index contributed by atoms with van der Waals surface area (Å²) in [7, 11) is 0. The van der Waals surface area contributed by atoms with Gasteiger partial charge in [-0.1, -0.05) is 0 Å². The molecule has 0 spiro atoms. The van der Waals surface area contributed by atoms with Crippen LogP contribution in [-0.2, 0) is 4.79 Å². The normalized spacial score (nSPS) is 14.8. The second-order valence-electron chi connectivity index (χ2n) is 2.03. The Bertz CT molecular complexity index is 123. The molecule has 0 saturated carbocycles. The molecule has 4 N–H and O–H groups in total. The van der Waals surface area contributed by atoms with Crippen LogP contribution in [0.2, 0.25) is 0 Å². The van der Waals surface area contributed by atoms with Crippen molar-refractivity contribution in [3.05, 3.63) is 0 Å². The van der Waals surface area contributed by atoms with Crippen molar-refractivity contribution in [3.63, 3.8) is 0 Å². The lowest BCUT2D eigenvalue weighted by Gasteiger charge is -2.13. The van der Waals surface area contributed by atoms with Crippen LogP contribution in [0.5, 0.6) is 0 Å². The van der Waals surface area contributed by atoms with E-state index in [0.29, 0.717) is 0 Å². The largest absolute Gasteiger partial charge is 0.480 e. The highest BCUT2D eigenvalue weighted by Gasteiger charge is 2.15. The van der Waals surface area contributed by atoms with Gasteiger partial charge in [-0.05, 0) is 6.92 Å². The smallest absolute Gasteiger partial charge is 0.321 e. The van der Waals surface area contributed by atoms with Gasteiger partial charge in [0.1, 0.15) is 6.04 Å². The van der Waals surface area contributed by atoms with E-state index in [-0.39, 0.29) is 24.3 Å². The molecule has 2 atom stereocenters. The number of hydrogen-bond acceptors (Lipinski definition) is 4. The first-order chi connectivity index (χ1) is 4.57. The van der Waals surface area contributed by atoms with Crippen LogP contribution in [0.1, 0.15) is 6.92 Å². The van der Waals surface area contributed by atoms with Gasteiger partial charge in [0.25, 0.3) is 0 Å². The molecule has 0 fully saturated rings. The molecule has 0 heterocycles. The minimum absolute atomic E-state index is 0. The molecule has 2 unspecified atom stereocenters. The number of aliphatic carboxylic acids is 1. The summed E-state index contributed by atoms with van der Waals surface area (Å²) < 4.78 is 0. The number of nitrogens with two attached hydrogens (primary N) is 1. The standard InChI is InChI=1S/C5H12N2O2S.ClH/c1-3(6)7-4(2-10)5(8)9;/h3-4,7,10H,2,6H2,1H3,(H,8,9);1H. The Morgan fingerprint density at radius 2 is 2.27 bits per heavy atom. The molecule has 4 nitrogen and oxygen atoms in total. The molecule has 6 heteroatoms. The summed E-state index contributed by atoms with van der Waals surface area (Å²) in [5, 5.41) is 11.1. The fraction of sp³-hybridized carbons (Fsp3) is 0.800. The van der Waals surface area contributed by atoms with Crippen molar-refractivity contribution in [2.24, 2.45) is 5.73 Å². The van der Waals surface area contributed by atoms with Gasteiger partial charge < -0.3 is 10.8 Å². The summed E-state index contributed by atoms with van der Waals surface area (Å²) in [6.45, 7) is 1.68. The molecule has 11 heavy (non-hydrogen) atoms. The Balaban J connectivity index is 0. The number of carboxylic acid groups (broad SMARTS) is 1. The highest BCUT2D eigenvalue weighted by atomic mass is 35.5. The van der Waals surface area contributed by atoms with Crippen molar-refractivity contribution in [3.8, 4) is 0 Å². The Morgan fingerprint density at radius 3 is 2.36 bits per heavy atom. The maximum Gasteiger partial charge on any atom is 0.321 e. The first-order valence-electron chi connectivity index (χ1n) is 2.93. The number of hydrogen-bond donors (Lipinski definition) is 4. The zero-order chi connectivity index (χ0) is 8.15. The minimum Gasteiger partial charge on any atom is -0.480 e. The van der Waals surface area contributed by atoms with Crippen molar-refractivity contribution >= 4 is 31.0 Å². The summed E-state index contributed by atoms with van der Waals surface area (Å²) in [5.74, 6) is -0.677. The maximum atomic E-state index is 10.3. The molecule has 68 valence electrons. The maximum absolute atomic E-state index is 10.3. The molecule has 0 aromatic heterocycles. The van der Waals surface area contributed by atoms with Gasteiger partial charge >= 0.3 is 5.97 Å². The average Bonchev–Trinajstić information content (AvgIpc) is 1.81. The van der Waals surface area contributed by atoms with Crippen LogP contribution in [0.15, 0.2) is 0 Å². The van der Waals surface area contributed by atoms with E-state index in [1.165, 1.54) is 0 Å². The van der Waals surface area contributed by atoms with Gasteiger partial charge in [0.05, 0.1) is 6.17 Å². The fourth-order valence-corrected chi connectivity index (χ4v) is 0.781. The lowest BCUT2D eigenvalue weighted by Crippen LogP contribution is -2.47. The number of nitrogens with one attached hydrogen (secondary N) is 1. The molecule has 0 saturated heterocycles. The fourth-order valence-electron chi connectivity index (χ4n) is 0.519. The molecule has 0 aromatic carbocycles. The Kier molecular flexibility index (Phi) is 8.32. The van der Waals surface area contributed by atoms with Crippen LogP contribution in [0, 0.1) is 0 Å². The van der Waals surface area contributed by atoms with E-state index in [2.05, 4.69) is 17.9 Å². The topological polar surface area (TPSA) is 75.3 Å². The highest BCUT2D eigenvalue weighted by molar-refractivity contribution is 7.80. The average molecular weight is 201 g/mol. The number of carboxylic acids is 1. The Morgan fingerprint density at radius 1 is 1.82 bits per heavy atom. The molecule has 0 radical (unpaired) electrons. The third-order valence-electron chi connectivity index (χ3n) is 0.945. The van der Waals surface area contributed by atoms with Crippen molar-refractivity contribution < 1.29 is 9.90 Å². The van der Waals surface area contributed by atoms with Gasteiger partial charge in [0.2, 0.25) is 0 Å². The molecule has 0 aliphatic carbocycles. The second-order valence-corrected chi connectivity index (χ2v) is 2.39. The molecular formula is C5H13ClN2O2S. The predicted molar refractivity (Wildman–Crippen MR) is 49.3 cm³/mol. The van der Waals surface area contributed by atoms with Gasteiger partial charge in [-0.15, -0.1) is 12.4 Å². The molecular weight excluding hydrogens is 188 g/mol. The molecule has 0 aliphatic rings.